The van der Waals surface area contributed by atoms with Gasteiger partial charge in [0.15, 0.2) is 0 Å². The van der Waals surface area contributed by atoms with Crippen LogP contribution >= 0.6 is 0 Å². The lowest BCUT2D eigenvalue weighted by Gasteiger charge is -2.55. The van der Waals surface area contributed by atoms with Crippen molar-refractivity contribution in [2.45, 2.75) is 19.3 Å². The molecule has 2 fully saturated rings. The van der Waals surface area contributed by atoms with Crippen LogP contribution in [0.1, 0.15) is 12.8 Å². The summed E-state index contributed by atoms with van der Waals surface area (Å²) in [6.07, 6.45) is -1.79. The Hall–Kier alpha value is -0.910. The van der Waals surface area contributed by atoms with Crippen LogP contribution in [0.5, 0.6) is 0 Å². The second-order valence-electron chi connectivity index (χ2n) is 4.81. The standard InChI is InChI=1S/C10H16F2N2O2/c11-8(12)5-13-3-1-10(2-4-13)6-14(7-10)9(15)16/h8H,1-7H2,(H,15,16)/p-1. The predicted octanol–water partition coefficient (Wildman–Crippen LogP) is -0.00740. The van der Waals surface area contributed by atoms with Crippen LogP contribution in [0.4, 0.5) is 13.6 Å². The van der Waals surface area contributed by atoms with Crippen molar-refractivity contribution >= 4 is 6.09 Å². The molecule has 0 saturated carbocycles. The normalized spacial score (nSPS) is 24.8. The molecular formula is C10H15F2N2O2-. The van der Waals surface area contributed by atoms with Crippen LogP contribution in [-0.2, 0) is 0 Å². The Morgan fingerprint density at radius 2 is 1.88 bits per heavy atom. The maximum atomic E-state index is 12.1. The third-order valence-electron chi connectivity index (χ3n) is 3.62. The van der Waals surface area contributed by atoms with E-state index in [-0.39, 0.29) is 12.0 Å². The van der Waals surface area contributed by atoms with Crippen molar-refractivity contribution in [1.29, 1.82) is 0 Å². The molecular weight excluding hydrogens is 218 g/mol. The van der Waals surface area contributed by atoms with E-state index in [0.717, 1.165) is 12.8 Å². The molecule has 0 atom stereocenters. The zero-order valence-electron chi connectivity index (χ0n) is 8.99. The lowest BCUT2D eigenvalue weighted by molar-refractivity contribution is -0.276. The van der Waals surface area contributed by atoms with E-state index in [1.807, 2.05) is 0 Å². The predicted molar refractivity (Wildman–Crippen MR) is 51.1 cm³/mol. The number of carbonyl (C=O) groups is 1. The number of amides is 1. The molecule has 0 aromatic rings. The molecule has 92 valence electrons. The number of rotatable bonds is 2. The van der Waals surface area contributed by atoms with Crippen LogP contribution in [0.25, 0.3) is 0 Å². The lowest BCUT2D eigenvalue weighted by atomic mass is 9.72. The molecule has 1 spiro atoms. The number of piperidine rings is 1. The van der Waals surface area contributed by atoms with Gasteiger partial charge in [-0.1, -0.05) is 0 Å². The fourth-order valence-corrected chi connectivity index (χ4v) is 2.61. The highest BCUT2D eigenvalue weighted by Gasteiger charge is 2.44. The maximum absolute atomic E-state index is 12.1. The average molecular weight is 233 g/mol. The summed E-state index contributed by atoms with van der Waals surface area (Å²) >= 11 is 0. The van der Waals surface area contributed by atoms with Crippen molar-refractivity contribution in [2.75, 3.05) is 32.7 Å². The summed E-state index contributed by atoms with van der Waals surface area (Å²) in [6, 6.07) is 0. The van der Waals surface area contributed by atoms with E-state index in [0.29, 0.717) is 26.2 Å². The molecule has 16 heavy (non-hydrogen) atoms. The highest BCUT2D eigenvalue weighted by atomic mass is 19.3. The summed E-state index contributed by atoms with van der Waals surface area (Å²) in [5, 5.41) is 10.5. The van der Waals surface area contributed by atoms with Gasteiger partial charge in [0.25, 0.3) is 6.43 Å². The Labute approximate surface area is 92.8 Å². The topological polar surface area (TPSA) is 46.6 Å². The first-order valence-corrected chi connectivity index (χ1v) is 5.47. The molecule has 0 radical (unpaired) electrons. The summed E-state index contributed by atoms with van der Waals surface area (Å²) in [7, 11) is 0. The summed E-state index contributed by atoms with van der Waals surface area (Å²) in [5.41, 5.74) is 0.0404. The van der Waals surface area contributed by atoms with Crippen LogP contribution in [0, 0.1) is 5.41 Å². The van der Waals surface area contributed by atoms with Gasteiger partial charge in [0.05, 0.1) is 6.54 Å². The van der Waals surface area contributed by atoms with Crippen LogP contribution < -0.4 is 5.11 Å². The number of likely N-dealkylation sites (tertiary alicyclic amines) is 2. The Morgan fingerprint density at radius 1 is 1.31 bits per heavy atom. The van der Waals surface area contributed by atoms with Gasteiger partial charge in [0, 0.05) is 18.5 Å². The smallest absolute Gasteiger partial charge is 0.251 e. The fourth-order valence-electron chi connectivity index (χ4n) is 2.61. The molecule has 0 bridgehead atoms. The zero-order chi connectivity index (χ0) is 11.8. The number of alkyl halides is 2. The minimum atomic E-state index is -2.28. The van der Waals surface area contributed by atoms with Gasteiger partial charge in [0.2, 0.25) is 0 Å². The van der Waals surface area contributed by atoms with E-state index in [1.54, 1.807) is 4.90 Å². The van der Waals surface area contributed by atoms with Crippen molar-refractivity contribution in [3.8, 4) is 0 Å². The number of hydrogen-bond acceptors (Lipinski definition) is 3. The number of hydrogen-bond donors (Lipinski definition) is 0. The molecule has 1 amide bonds. The largest absolute Gasteiger partial charge is 0.530 e. The first kappa shape index (κ1) is 11.6. The van der Waals surface area contributed by atoms with E-state index >= 15 is 0 Å². The summed E-state index contributed by atoms with van der Waals surface area (Å²) in [5.74, 6) is 0. The van der Waals surface area contributed by atoms with Gasteiger partial charge >= 0.3 is 0 Å². The maximum Gasteiger partial charge on any atom is 0.251 e. The third-order valence-corrected chi connectivity index (χ3v) is 3.62. The lowest BCUT2D eigenvalue weighted by Crippen LogP contribution is -2.64. The van der Waals surface area contributed by atoms with Crippen molar-refractivity contribution in [3.05, 3.63) is 0 Å². The third kappa shape index (κ3) is 2.26. The van der Waals surface area contributed by atoms with Crippen molar-refractivity contribution in [1.82, 2.24) is 9.80 Å². The van der Waals surface area contributed by atoms with Gasteiger partial charge in [-0.3, -0.25) is 4.90 Å². The van der Waals surface area contributed by atoms with Gasteiger partial charge in [-0.05, 0) is 25.9 Å². The van der Waals surface area contributed by atoms with Crippen molar-refractivity contribution in [2.24, 2.45) is 5.41 Å². The van der Waals surface area contributed by atoms with Crippen LogP contribution in [-0.4, -0.2) is 55.0 Å². The molecule has 0 N–H and O–H groups in total. The van der Waals surface area contributed by atoms with Crippen molar-refractivity contribution in [3.63, 3.8) is 0 Å². The van der Waals surface area contributed by atoms with E-state index in [9.17, 15) is 18.7 Å². The van der Waals surface area contributed by atoms with Crippen LogP contribution in [0.3, 0.4) is 0 Å². The number of carbonyl (C=O) groups excluding carboxylic acids is 1. The first-order chi connectivity index (χ1) is 7.51. The molecule has 0 unspecified atom stereocenters. The Bertz CT molecular complexity index is 270. The zero-order valence-corrected chi connectivity index (χ0v) is 8.99. The molecule has 4 nitrogen and oxygen atoms in total. The Kier molecular flexibility index (Phi) is 3.01. The molecule has 2 aliphatic heterocycles. The van der Waals surface area contributed by atoms with E-state index in [4.69, 9.17) is 0 Å². The summed E-state index contributed by atoms with van der Waals surface area (Å²) in [6.45, 7) is 2.15. The molecule has 2 rings (SSSR count). The molecule has 0 aliphatic carbocycles. The van der Waals surface area contributed by atoms with Crippen LogP contribution in [0.2, 0.25) is 0 Å². The number of halogens is 2. The number of carboxylic acid groups (broad SMARTS) is 1. The van der Waals surface area contributed by atoms with Crippen LogP contribution in [0.15, 0.2) is 0 Å². The van der Waals surface area contributed by atoms with E-state index < -0.39 is 12.5 Å². The van der Waals surface area contributed by atoms with Gasteiger partial charge in [-0.2, -0.15) is 0 Å². The quantitative estimate of drug-likeness (QED) is 0.674. The summed E-state index contributed by atoms with van der Waals surface area (Å²) in [4.78, 5) is 13.6. The van der Waals surface area contributed by atoms with Gasteiger partial charge < -0.3 is 14.8 Å². The molecule has 6 heteroatoms. The SMILES string of the molecule is O=C([O-])N1CC2(CCN(CC(F)F)CC2)C1. The Balaban J connectivity index is 1.76. The highest BCUT2D eigenvalue weighted by Crippen LogP contribution is 2.40. The second kappa shape index (κ2) is 4.16. The minimum Gasteiger partial charge on any atom is -0.530 e. The number of nitrogens with zero attached hydrogens (tertiary/aromatic N) is 2. The molecule has 0 aromatic carbocycles. The molecule has 0 aromatic heterocycles. The Morgan fingerprint density at radius 3 is 2.31 bits per heavy atom. The van der Waals surface area contributed by atoms with Gasteiger partial charge in [-0.15, -0.1) is 0 Å². The second-order valence-corrected chi connectivity index (χ2v) is 4.81. The highest BCUT2D eigenvalue weighted by molar-refractivity contribution is 5.64. The van der Waals surface area contributed by atoms with E-state index in [1.165, 1.54) is 4.90 Å². The molecule has 2 aliphatic rings. The monoisotopic (exact) mass is 233 g/mol. The van der Waals surface area contributed by atoms with Gasteiger partial charge in [-0.25, -0.2) is 8.78 Å². The molecule has 2 heterocycles. The fraction of sp³-hybridized carbons (Fsp3) is 0.900. The summed E-state index contributed by atoms with van der Waals surface area (Å²) < 4.78 is 24.3. The van der Waals surface area contributed by atoms with E-state index in [2.05, 4.69) is 0 Å². The van der Waals surface area contributed by atoms with Gasteiger partial charge in [0.1, 0.15) is 6.09 Å². The first-order valence-electron chi connectivity index (χ1n) is 5.47. The molecule has 2 saturated heterocycles. The minimum absolute atomic E-state index is 0.0404. The average Bonchev–Trinajstić information content (AvgIpc) is 2.14. The van der Waals surface area contributed by atoms with Crippen molar-refractivity contribution < 1.29 is 18.7 Å².